The Hall–Kier alpha value is -0.580. The van der Waals surface area contributed by atoms with Gasteiger partial charge in [0.1, 0.15) is 5.25 Å². The summed E-state index contributed by atoms with van der Waals surface area (Å²) in [4.78, 5) is 10.5. The van der Waals surface area contributed by atoms with Crippen LogP contribution >= 0.6 is 0 Å². The molecule has 1 rings (SSSR count). The molecule has 11 heavy (non-hydrogen) atoms. The molecule has 0 aromatic carbocycles. The van der Waals surface area contributed by atoms with Crippen LogP contribution in [0.25, 0.3) is 0 Å². The first kappa shape index (κ1) is 8.52. The molecule has 0 spiro atoms. The lowest BCUT2D eigenvalue weighted by Crippen LogP contribution is -2.35. The molecular formula is C6H10NO3S. The van der Waals surface area contributed by atoms with Crippen molar-refractivity contribution in [1.82, 2.24) is 0 Å². The van der Waals surface area contributed by atoms with E-state index < -0.39 is 21.0 Å². The third-order valence-corrected chi connectivity index (χ3v) is 4.13. The number of primary amides is 1. The summed E-state index contributed by atoms with van der Waals surface area (Å²) in [6.07, 6.45) is 1.28. The number of hydrogen-bond donors (Lipinski definition) is 1. The predicted molar refractivity (Wildman–Crippen MR) is 40.3 cm³/mol. The average molecular weight is 176 g/mol. The molecule has 4 nitrogen and oxygen atoms in total. The second-order valence-electron chi connectivity index (χ2n) is 2.68. The lowest BCUT2D eigenvalue weighted by molar-refractivity contribution is -0.116. The summed E-state index contributed by atoms with van der Waals surface area (Å²) in [5.74, 6) is -0.864. The lowest BCUT2D eigenvalue weighted by Gasteiger charge is -2.06. The second-order valence-corrected chi connectivity index (χ2v) is 5.09. The Bertz CT molecular complexity index is 266. The van der Waals surface area contributed by atoms with Crippen LogP contribution in [0.5, 0.6) is 0 Å². The van der Waals surface area contributed by atoms with Gasteiger partial charge in [-0.15, -0.1) is 0 Å². The van der Waals surface area contributed by atoms with Crippen molar-refractivity contribution < 1.29 is 13.2 Å². The van der Waals surface area contributed by atoms with Crippen LogP contribution in [0.2, 0.25) is 0 Å². The van der Waals surface area contributed by atoms with Crippen molar-refractivity contribution in [2.75, 3.05) is 0 Å². The first-order chi connectivity index (χ1) is 4.96. The number of amides is 1. The standard InChI is InChI=1S/C6H10NO3S/c1-4(6(7)8)11(9,10)5-2-3-5/h4-5H,1-3H2,(H2,7,8). The van der Waals surface area contributed by atoms with Gasteiger partial charge in [-0.25, -0.2) is 8.42 Å². The summed E-state index contributed by atoms with van der Waals surface area (Å²) in [5.41, 5.74) is 4.81. The van der Waals surface area contributed by atoms with E-state index >= 15 is 0 Å². The van der Waals surface area contributed by atoms with Crippen LogP contribution in [0.3, 0.4) is 0 Å². The molecular weight excluding hydrogens is 166 g/mol. The van der Waals surface area contributed by atoms with Crippen LogP contribution in [0, 0.1) is 6.92 Å². The average Bonchev–Trinajstić information content (AvgIpc) is 2.66. The zero-order valence-electron chi connectivity index (χ0n) is 5.99. The minimum atomic E-state index is -3.35. The van der Waals surface area contributed by atoms with Crippen LogP contribution in [0.1, 0.15) is 12.8 Å². The molecule has 0 bridgehead atoms. The number of nitrogens with two attached hydrogens (primary N) is 1. The van der Waals surface area contributed by atoms with E-state index in [-0.39, 0.29) is 5.25 Å². The fraction of sp³-hybridized carbons (Fsp3) is 0.667. The molecule has 1 saturated carbocycles. The van der Waals surface area contributed by atoms with Crippen LogP contribution < -0.4 is 5.73 Å². The van der Waals surface area contributed by atoms with E-state index in [0.29, 0.717) is 12.8 Å². The Morgan fingerprint density at radius 3 is 2.27 bits per heavy atom. The zero-order chi connectivity index (χ0) is 8.65. The first-order valence-electron chi connectivity index (χ1n) is 3.31. The van der Waals surface area contributed by atoms with Gasteiger partial charge in [0, 0.05) is 0 Å². The highest BCUT2D eigenvalue weighted by Gasteiger charge is 2.41. The van der Waals surface area contributed by atoms with E-state index in [1.54, 1.807) is 0 Å². The van der Waals surface area contributed by atoms with Crippen molar-refractivity contribution >= 4 is 15.7 Å². The Kier molecular flexibility index (Phi) is 1.92. The predicted octanol–water partition coefficient (Wildman–Crippen LogP) is -0.748. The molecule has 1 unspecified atom stereocenters. The smallest absolute Gasteiger partial charge is 0.235 e. The number of carbonyl (C=O) groups is 1. The molecule has 1 aliphatic carbocycles. The zero-order valence-corrected chi connectivity index (χ0v) is 6.80. The molecule has 1 radical (unpaired) electrons. The summed E-state index contributed by atoms with van der Waals surface area (Å²) in [5, 5.41) is -1.63. The maximum Gasteiger partial charge on any atom is 0.235 e. The van der Waals surface area contributed by atoms with E-state index in [1.807, 2.05) is 0 Å². The molecule has 1 atom stereocenters. The molecule has 5 heteroatoms. The van der Waals surface area contributed by atoms with Crippen molar-refractivity contribution in [1.29, 1.82) is 0 Å². The Labute approximate surface area is 65.7 Å². The highest BCUT2D eigenvalue weighted by molar-refractivity contribution is 7.93. The Morgan fingerprint density at radius 1 is 1.55 bits per heavy atom. The van der Waals surface area contributed by atoms with Gasteiger partial charge < -0.3 is 5.73 Å². The normalized spacial score (nSPS) is 21.2. The molecule has 0 aromatic rings. The molecule has 1 aliphatic rings. The van der Waals surface area contributed by atoms with E-state index in [4.69, 9.17) is 5.73 Å². The van der Waals surface area contributed by atoms with Gasteiger partial charge in [-0.1, -0.05) is 0 Å². The van der Waals surface area contributed by atoms with Gasteiger partial charge >= 0.3 is 0 Å². The molecule has 2 N–H and O–H groups in total. The Morgan fingerprint density at radius 2 is 2.00 bits per heavy atom. The Balaban J connectivity index is 2.79. The largest absolute Gasteiger partial charge is 0.369 e. The minimum Gasteiger partial charge on any atom is -0.369 e. The molecule has 1 amide bonds. The monoisotopic (exact) mass is 176 g/mol. The van der Waals surface area contributed by atoms with Crippen molar-refractivity contribution in [2.24, 2.45) is 5.73 Å². The quantitative estimate of drug-likeness (QED) is 0.614. The van der Waals surface area contributed by atoms with E-state index in [9.17, 15) is 13.2 Å². The molecule has 0 saturated heterocycles. The van der Waals surface area contributed by atoms with Crippen LogP contribution in [-0.2, 0) is 14.6 Å². The lowest BCUT2D eigenvalue weighted by atomic mass is 10.5. The maximum absolute atomic E-state index is 11.2. The van der Waals surface area contributed by atoms with Crippen molar-refractivity contribution in [3.63, 3.8) is 0 Å². The van der Waals surface area contributed by atoms with Crippen LogP contribution in [0.4, 0.5) is 0 Å². The van der Waals surface area contributed by atoms with E-state index in [1.165, 1.54) is 0 Å². The molecule has 63 valence electrons. The first-order valence-corrected chi connectivity index (χ1v) is 4.92. The van der Waals surface area contributed by atoms with Crippen molar-refractivity contribution in [3.8, 4) is 0 Å². The van der Waals surface area contributed by atoms with Gasteiger partial charge in [0.25, 0.3) is 0 Å². The van der Waals surface area contributed by atoms with E-state index in [0.717, 1.165) is 0 Å². The molecule has 1 fully saturated rings. The van der Waals surface area contributed by atoms with Crippen LogP contribution in [-0.4, -0.2) is 24.8 Å². The maximum atomic E-state index is 11.2. The summed E-state index contributed by atoms with van der Waals surface area (Å²) < 4.78 is 22.3. The molecule has 0 heterocycles. The van der Waals surface area contributed by atoms with Gasteiger partial charge in [-0.3, -0.25) is 4.79 Å². The highest BCUT2D eigenvalue weighted by atomic mass is 32.2. The van der Waals surface area contributed by atoms with E-state index in [2.05, 4.69) is 6.92 Å². The van der Waals surface area contributed by atoms with Gasteiger partial charge in [-0.2, -0.15) is 0 Å². The summed E-state index contributed by atoms with van der Waals surface area (Å²) in [6.45, 7) is 3.21. The topological polar surface area (TPSA) is 77.2 Å². The van der Waals surface area contributed by atoms with Crippen LogP contribution in [0.15, 0.2) is 0 Å². The van der Waals surface area contributed by atoms with Crippen molar-refractivity contribution in [3.05, 3.63) is 6.92 Å². The fourth-order valence-electron chi connectivity index (χ4n) is 0.791. The second kappa shape index (κ2) is 2.48. The van der Waals surface area contributed by atoms with Gasteiger partial charge in [0.2, 0.25) is 5.91 Å². The number of carbonyl (C=O) groups excluding carboxylic acids is 1. The SMILES string of the molecule is [CH2]C(C(N)=O)S(=O)(=O)C1CC1. The number of hydrogen-bond acceptors (Lipinski definition) is 3. The highest BCUT2D eigenvalue weighted by Crippen LogP contribution is 2.30. The van der Waals surface area contributed by atoms with Gasteiger partial charge in [0.05, 0.1) is 5.25 Å². The molecule has 0 aliphatic heterocycles. The number of sulfone groups is 1. The number of rotatable bonds is 3. The van der Waals surface area contributed by atoms with Gasteiger partial charge in [-0.05, 0) is 19.8 Å². The van der Waals surface area contributed by atoms with Gasteiger partial charge in [0.15, 0.2) is 9.84 Å². The summed E-state index contributed by atoms with van der Waals surface area (Å²) >= 11 is 0. The third-order valence-electron chi connectivity index (χ3n) is 1.70. The fourth-order valence-corrected chi connectivity index (χ4v) is 2.37. The molecule has 0 aromatic heterocycles. The summed E-state index contributed by atoms with van der Waals surface area (Å²) in [6, 6.07) is 0. The minimum absolute atomic E-state index is 0.363. The summed E-state index contributed by atoms with van der Waals surface area (Å²) in [7, 11) is -3.35. The van der Waals surface area contributed by atoms with Crippen molar-refractivity contribution in [2.45, 2.75) is 23.3 Å². The third kappa shape index (κ3) is 1.53.